The number of rotatable bonds is 5. The van der Waals surface area contributed by atoms with Gasteiger partial charge in [0.15, 0.2) is 6.61 Å². The molecule has 1 aromatic heterocycles. The van der Waals surface area contributed by atoms with Gasteiger partial charge in [0.2, 0.25) is 5.91 Å². The molecule has 1 aromatic carbocycles. The summed E-state index contributed by atoms with van der Waals surface area (Å²) in [6, 6.07) is 7.21. The first-order valence-electron chi connectivity index (χ1n) is 9.54. The number of nitrogens with zero attached hydrogens (tertiary/aromatic N) is 1. The van der Waals surface area contributed by atoms with Gasteiger partial charge >= 0.3 is 0 Å². The molecule has 154 valence electrons. The zero-order chi connectivity index (χ0) is 20.8. The van der Waals surface area contributed by atoms with E-state index in [-0.39, 0.29) is 24.3 Å². The number of ether oxygens (including phenoxy) is 1. The smallest absolute Gasteiger partial charge is 0.276 e. The molecule has 0 saturated carbocycles. The molecular formula is C21H25N3O5. The Kier molecular flexibility index (Phi) is 6.54. The van der Waals surface area contributed by atoms with Crippen LogP contribution >= 0.6 is 0 Å². The van der Waals surface area contributed by atoms with Crippen molar-refractivity contribution in [3.63, 3.8) is 0 Å². The quantitative estimate of drug-likeness (QED) is 0.749. The monoisotopic (exact) mass is 399 g/mol. The van der Waals surface area contributed by atoms with Crippen LogP contribution in [0.3, 0.4) is 0 Å². The van der Waals surface area contributed by atoms with E-state index in [4.69, 9.17) is 9.15 Å². The van der Waals surface area contributed by atoms with Crippen LogP contribution < -0.4 is 15.6 Å². The molecule has 0 aliphatic carbocycles. The van der Waals surface area contributed by atoms with Crippen molar-refractivity contribution in [1.29, 1.82) is 0 Å². The Hall–Kier alpha value is -3.29. The Morgan fingerprint density at radius 3 is 2.52 bits per heavy atom. The highest BCUT2D eigenvalue weighted by Crippen LogP contribution is 2.19. The van der Waals surface area contributed by atoms with Gasteiger partial charge in [-0.2, -0.15) is 0 Å². The fourth-order valence-electron chi connectivity index (χ4n) is 3.14. The van der Waals surface area contributed by atoms with Gasteiger partial charge in [0.1, 0.15) is 12.0 Å². The number of nitrogens with one attached hydrogen (secondary N) is 2. The van der Waals surface area contributed by atoms with E-state index < -0.39 is 5.91 Å². The van der Waals surface area contributed by atoms with Gasteiger partial charge in [-0.1, -0.05) is 6.07 Å². The predicted molar refractivity (Wildman–Crippen MR) is 105 cm³/mol. The highest BCUT2D eigenvalue weighted by molar-refractivity contribution is 5.94. The number of hydrogen-bond acceptors (Lipinski definition) is 5. The summed E-state index contributed by atoms with van der Waals surface area (Å²) < 4.78 is 10.4. The highest BCUT2D eigenvalue weighted by Gasteiger charge is 2.28. The third kappa shape index (κ3) is 5.37. The Bertz CT molecular complexity index is 870. The van der Waals surface area contributed by atoms with Crippen molar-refractivity contribution in [2.75, 3.05) is 19.7 Å². The third-order valence-electron chi connectivity index (χ3n) is 5.09. The molecule has 3 amide bonds. The van der Waals surface area contributed by atoms with E-state index in [1.54, 1.807) is 17.0 Å². The number of benzene rings is 1. The van der Waals surface area contributed by atoms with Crippen LogP contribution in [0.2, 0.25) is 0 Å². The van der Waals surface area contributed by atoms with Crippen molar-refractivity contribution < 1.29 is 23.5 Å². The Labute approximate surface area is 169 Å². The van der Waals surface area contributed by atoms with Crippen LogP contribution in [0, 0.1) is 19.8 Å². The number of hydrogen-bond donors (Lipinski definition) is 2. The second-order valence-corrected chi connectivity index (χ2v) is 7.15. The van der Waals surface area contributed by atoms with E-state index in [2.05, 4.69) is 10.9 Å². The van der Waals surface area contributed by atoms with Gasteiger partial charge in [0.05, 0.1) is 11.8 Å². The topological polar surface area (TPSA) is 101 Å². The molecule has 1 aliphatic rings. The maximum absolute atomic E-state index is 12.3. The molecule has 29 heavy (non-hydrogen) atoms. The number of carbonyl (C=O) groups excluding carboxylic acids is 3. The van der Waals surface area contributed by atoms with Crippen molar-refractivity contribution in [2.45, 2.75) is 26.7 Å². The summed E-state index contributed by atoms with van der Waals surface area (Å²) in [6.07, 6.45) is 3.94. The van der Waals surface area contributed by atoms with Crippen LogP contribution in [0.4, 0.5) is 0 Å². The number of likely N-dealkylation sites (tertiary alicyclic amines) is 1. The molecule has 2 heterocycles. The molecule has 0 bridgehead atoms. The third-order valence-corrected chi connectivity index (χ3v) is 5.09. The molecule has 3 rings (SSSR count). The molecule has 0 unspecified atom stereocenters. The maximum Gasteiger partial charge on any atom is 0.276 e. The molecule has 0 atom stereocenters. The van der Waals surface area contributed by atoms with Crippen LogP contribution in [-0.2, 0) is 9.59 Å². The average molecular weight is 399 g/mol. The van der Waals surface area contributed by atoms with Crippen LogP contribution in [0.1, 0.15) is 34.3 Å². The molecule has 8 nitrogen and oxygen atoms in total. The Morgan fingerprint density at radius 2 is 1.86 bits per heavy atom. The Balaban J connectivity index is 1.37. The first kappa shape index (κ1) is 20.4. The van der Waals surface area contributed by atoms with Crippen molar-refractivity contribution in [3.05, 3.63) is 53.5 Å². The van der Waals surface area contributed by atoms with Crippen LogP contribution in [0.15, 0.2) is 41.2 Å². The molecule has 8 heteroatoms. The van der Waals surface area contributed by atoms with Crippen LogP contribution in [-0.4, -0.2) is 42.3 Å². The second kappa shape index (κ2) is 9.27. The first-order valence-corrected chi connectivity index (χ1v) is 9.54. The number of piperidine rings is 1. The summed E-state index contributed by atoms with van der Waals surface area (Å²) >= 11 is 0. The van der Waals surface area contributed by atoms with Crippen LogP contribution in [0.25, 0.3) is 0 Å². The molecule has 1 aliphatic heterocycles. The van der Waals surface area contributed by atoms with Gasteiger partial charge in [-0.3, -0.25) is 25.2 Å². The lowest BCUT2D eigenvalue weighted by atomic mass is 9.96. The number of hydrazine groups is 1. The minimum absolute atomic E-state index is 0.102. The van der Waals surface area contributed by atoms with Gasteiger partial charge < -0.3 is 14.1 Å². The van der Waals surface area contributed by atoms with Gasteiger partial charge in [-0.05, 0) is 56.0 Å². The number of aryl methyl sites for hydroxylation is 2. The summed E-state index contributed by atoms with van der Waals surface area (Å²) in [5.74, 6) is -0.466. The van der Waals surface area contributed by atoms with E-state index in [0.29, 0.717) is 37.2 Å². The lowest BCUT2D eigenvalue weighted by Gasteiger charge is -2.31. The molecule has 0 spiro atoms. The van der Waals surface area contributed by atoms with E-state index >= 15 is 0 Å². The average Bonchev–Trinajstić information content (AvgIpc) is 3.27. The second-order valence-electron chi connectivity index (χ2n) is 7.15. The van der Waals surface area contributed by atoms with E-state index in [0.717, 1.165) is 11.1 Å². The normalized spacial score (nSPS) is 14.3. The number of amides is 3. The zero-order valence-corrected chi connectivity index (χ0v) is 16.6. The Morgan fingerprint density at radius 1 is 1.10 bits per heavy atom. The number of furan rings is 1. The summed E-state index contributed by atoms with van der Waals surface area (Å²) in [5.41, 5.74) is 7.55. The van der Waals surface area contributed by atoms with Crippen molar-refractivity contribution in [3.8, 4) is 5.75 Å². The lowest BCUT2D eigenvalue weighted by Crippen LogP contribution is -2.49. The van der Waals surface area contributed by atoms with E-state index in [1.165, 1.54) is 12.5 Å². The minimum atomic E-state index is -0.441. The SMILES string of the molecule is Cc1ccc(OCC(=O)NNC(=O)C2CCN(C(=O)c3ccoc3)CC2)cc1C. The van der Waals surface area contributed by atoms with Crippen LogP contribution in [0.5, 0.6) is 5.75 Å². The summed E-state index contributed by atoms with van der Waals surface area (Å²) in [4.78, 5) is 38.2. The summed E-state index contributed by atoms with van der Waals surface area (Å²) in [5, 5.41) is 0. The van der Waals surface area contributed by atoms with Gasteiger partial charge in [0, 0.05) is 19.0 Å². The fourth-order valence-corrected chi connectivity index (χ4v) is 3.14. The van der Waals surface area contributed by atoms with Crippen molar-refractivity contribution >= 4 is 17.7 Å². The van der Waals surface area contributed by atoms with Gasteiger partial charge in [-0.15, -0.1) is 0 Å². The summed E-state index contributed by atoms with van der Waals surface area (Å²) in [7, 11) is 0. The van der Waals surface area contributed by atoms with Gasteiger partial charge in [0.25, 0.3) is 11.8 Å². The molecule has 1 fully saturated rings. The van der Waals surface area contributed by atoms with Crippen molar-refractivity contribution in [1.82, 2.24) is 15.8 Å². The maximum atomic E-state index is 12.3. The van der Waals surface area contributed by atoms with E-state index in [9.17, 15) is 14.4 Å². The lowest BCUT2D eigenvalue weighted by molar-refractivity contribution is -0.132. The van der Waals surface area contributed by atoms with E-state index in [1.807, 2.05) is 26.0 Å². The molecule has 2 N–H and O–H groups in total. The number of carbonyl (C=O) groups is 3. The standard InChI is InChI=1S/C21H25N3O5/c1-14-3-4-18(11-15(14)2)29-13-19(25)22-23-20(26)16-5-8-24(9-6-16)21(27)17-7-10-28-12-17/h3-4,7,10-12,16H,5-6,8-9,13H2,1-2H3,(H,22,25)(H,23,26). The largest absolute Gasteiger partial charge is 0.484 e. The fraction of sp³-hybridized carbons (Fsp3) is 0.381. The molecule has 2 aromatic rings. The predicted octanol–water partition coefficient (Wildman–Crippen LogP) is 1.98. The van der Waals surface area contributed by atoms with Crippen molar-refractivity contribution in [2.24, 2.45) is 5.92 Å². The summed E-state index contributed by atoms with van der Waals surface area (Å²) in [6.45, 7) is 4.73. The zero-order valence-electron chi connectivity index (χ0n) is 16.6. The molecule has 0 radical (unpaired) electrons. The first-order chi connectivity index (χ1) is 13.9. The minimum Gasteiger partial charge on any atom is -0.484 e. The highest BCUT2D eigenvalue weighted by atomic mass is 16.5. The molecule has 1 saturated heterocycles. The van der Waals surface area contributed by atoms with Gasteiger partial charge in [-0.25, -0.2) is 0 Å². The molecular weight excluding hydrogens is 374 g/mol.